The van der Waals surface area contributed by atoms with E-state index in [1.54, 1.807) is 49.6 Å². The summed E-state index contributed by atoms with van der Waals surface area (Å²) in [6.45, 7) is 5.69. The van der Waals surface area contributed by atoms with Gasteiger partial charge in [-0.15, -0.1) is 0 Å². The molecule has 3 aromatic rings. The van der Waals surface area contributed by atoms with Gasteiger partial charge in [-0.2, -0.15) is 0 Å². The lowest BCUT2D eigenvalue weighted by molar-refractivity contribution is -0.701. The second-order valence-corrected chi connectivity index (χ2v) is 11.5. The Bertz CT molecular complexity index is 1320. The summed E-state index contributed by atoms with van der Waals surface area (Å²) in [4.78, 5) is 29.1. The summed E-state index contributed by atoms with van der Waals surface area (Å²) in [5.74, 6) is 0.605. The lowest BCUT2D eigenvalue weighted by Crippen LogP contribution is -2.43. The Kier molecular flexibility index (Phi) is 16.0. The molecule has 0 fully saturated rings. The van der Waals surface area contributed by atoms with E-state index in [0.717, 1.165) is 18.5 Å². The molecule has 3 rings (SSSR count). The zero-order valence-corrected chi connectivity index (χ0v) is 27.9. The number of hydrogen-bond acceptors (Lipinski definition) is 5. The predicted molar refractivity (Wildman–Crippen MR) is 179 cm³/mol. The van der Waals surface area contributed by atoms with E-state index in [9.17, 15) is 9.59 Å². The van der Waals surface area contributed by atoms with Crippen molar-refractivity contribution in [2.45, 2.75) is 104 Å². The molecule has 45 heavy (non-hydrogen) atoms. The molecular formula is C38H53N2O5+. The Morgan fingerprint density at radius 1 is 0.667 bits per heavy atom. The van der Waals surface area contributed by atoms with E-state index in [-0.39, 0.29) is 6.54 Å². The van der Waals surface area contributed by atoms with E-state index in [0.29, 0.717) is 41.5 Å². The Labute approximate surface area is 270 Å². The van der Waals surface area contributed by atoms with Gasteiger partial charge in [-0.3, -0.25) is 14.5 Å². The minimum absolute atomic E-state index is 0.101. The molecule has 0 aliphatic rings. The highest BCUT2D eigenvalue weighted by Crippen LogP contribution is 2.30. The highest BCUT2D eigenvalue weighted by molar-refractivity contribution is 6.11. The fraction of sp³-hybridized carbons (Fsp3) is 0.500. The first-order valence-electron chi connectivity index (χ1n) is 16.8. The predicted octanol–water partition coefficient (Wildman–Crippen LogP) is 8.57. The summed E-state index contributed by atoms with van der Waals surface area (Å²) in [5.41, 5.74) is 1.50. The molecule has 0 unspecified atom stereocenters. The lowest BCUT2D eigenvalue weighted by Gasteiger charge is -2.22. The second-order valence-electron chi connectivity index (χ2n) is 11.5. The largest absolute Gasteiger partial charge is 0.496 e. The maximum absolute atomic E-state index is 14.0. The van der Waals surface area contributed by atoms with Gasteiger partial charge in [0.2, 0.25) is 5.69 Å². The third kappa shape index (κ3) is 11.2. The topological polar surface area (TPSA) is 69.0 Å². The molecule has 0 aliphatic carbocycles. The van der Waals surface area contributed by atoms with Crippen LogP contribution >= 0.6 is 0 Å². The Morgan fingerprint density at radius 2 is 1.29 bits per heavy atom. The number of carbonyl (C=O) groups is 2. The van der Waals surface area contributed by atoms with Gasteiger partial charge in [-0.25, -0.2) is 4.57 Å². The van der Waals surface area contributed by atoms with Gasteiger partial charge >= 0.3 is 0 Å². The number of para-hydroxylation sites is 1. The molecule has 0 saturated heterocycles. The highest BCUT2D eigenvalue weighted by Gasteiger charge is 2.29. The summed E-state index contributed by atoms with van der Waals surface area (Å²) in [5, 5.41) is 0. The number of amides is 2. The van der Waals surface area contributed by atoms with Gasteiger partial charge in [0.25, 0.3) is 11.8 Å². The third-order valence-electron chi connectivity index (χ3n) is 8.19. The summed E-state index contributed by atoms with van der Waals surface area (Å²) >= 11 is 0. The van der Waals surface area contributed by atoms with Crippen molar-refractivity contribution in [3.8, 4) is 17.2 Å². The molecule has 0 saturated carbocycles. The van der Waals surface area contributed by atoms with Gasteiger partial charge in [-0.1, -0.05) is 95.8 Å². The number of pyridine rings is 1. The molecule has 0 aliphatic heterocycles. The minimum atomic E-state index is -0.435. The molecule has 0 bridgehead atoms. The molecule has 0 atom stereocenters. The van der Waals surface area contributed by atoms with Crippen molar-refractivity contribution in [2.75, 3.05) is 20.8 Å². The number of unbranched alkanes of at least 4 members (excludes halogenated alkanes) is 11. The minimum Gasteiger partial charge on any atom is -0.496 e. The van der Waals surface area contributed by atoms with Crippen molar-refractivity contribution in [1.29, 1.82) is 0 Å². The number of carbonyl (C=O) groups excluding carboxylic acids is 2. The SMILES string of the molecule is CCCCCCCCCCCCCCOc1ccc(C(=O)N(Cc2cccc[n+]2CC)C(=O)c2ccccc2OC)cc1OC. The van der Waals surface area contributed by atoms with Gasteiger partial charge in [0, 0.05) is 17.7 Å². The molecule has 1 heterocycles. The number of aromatic nitrogens is 1. The van der Waals surface area contributed by atoms with Crippen LogP contribution in [0.15, 0.2) is 66.9 Å². The maximum Gasteiger partial charge on any atom is 0.265 e. The number of rotatable bonds is 21. The highest BCUT2D eigenvalue weighted by atomic mass is 16.5. The van der Waals surface area contributed by atoms with Gasteiger partial charge in [0.1, 0.15) is 18.8 Å². The Balaban J connectivity index is 1.61. The van der Waals surface area contributed by atoms with Gasteiger partial charge in [-0.05, 0) is 43.7 Å². The van der Waals surface area contributed by atoms with Crippen LogP contribution in [0.5, 0.6) is 17.2 Å². The average molecular weight is 618 g/mol. The number of benzene rings is 2. The normalized spacial score (nSPS) is 10.8. The molecule has 0 N–H and O–H groups in total. The standard InChI is InChI=1S/C38H53N2O5/c1-5-7-8-9-10-11-12-13-14-15-16-21-28-45-35-26-25-31(29-36(35)44-4)37(41)40(30-32-22-19-20-27-39(32)6-2)38(42)33-23-17-18-24-34(33)43-3/h17-20,22-27,29H,5-16,21,28,30H2,1-4H3/q+1. The first-order chi connectivity index (χ1) is 22.0. The van der Waals surface area contributed by atoms with E-state index >= 15 is 0 Å². The molecule has 7 nitrogen and oxygen atoms in total. The molecule has 244 valence electrons. The van der Waals surface area contributed by atoms with Crippen molar-refractivity contribution in [3.05, 3.63) is 83.7 Å². The van der Waals surface area contributed by atoms with Crippen LogP contribution in [0.4, 0.5) is 0 Å². The Hall–Kier alpha value is -3.87. The van der Waals surface area contributed by atoms with Gasteiger partial charge in [0.05, 0.1) is 26.4 Å². The summed E-state index contributed by atoms with van der Waals surface area (Å²) in [6.07, 6.45) is 17.4. The van der Waals surface area contributed by atoms with E-state index in [1.807, 2.05) is 35.9 Å². The summed E-state index contributed by atoms with van der Waals surface area (Å²) in [6, 6.07) is 17.8. The van der Waals surface area contributed by atoms with Gasteiger partial charge in [0.15, 0.2) is 17.7 Å². The smallest absolute Gasteiger partial charge is 0.265 e. The third-order valence-corrected chi connectivity index (χ3v) is 8.19. The quantitative estimate of drug-likeness (QED) is 0.0680. The molecule has 1 aromatic heterocycles. The number of hydrogen-bond donors (Lipinski definition) is 0. The zero-order chi connectivity index (χ0) is 32.3. The molecule has 0 radical (unpaired) electrons. The molecule has 2 amide bonds. The van der Waals surface area contributed by atoms with Crippen LogP contribution in [-0.2, 0) is 13.1 Å². The summed E-state index contributed by atoms with van der Waals surface area (Å²) < 4.78 is 19.1. The van der Waals surface area contributed by atoms with Crippen LogP contribution in [0, 0.1) is 0 Å². The van der Waals surface area contributed by atoms with Gasteiger partial charge < -0.3 is 14.2 Å². The van der Waals surface area contributed by atoms with Crippen LogP contribution in [0.3, 0.4) is 0 Å². The summed E-state index contributed by atoms with van der Waals surface area (Å²) in [7, 11) is 3.08. The van der Waals surface area contributed by atoms with Crippen molar-refractivity contribution in [1.82, 2.24) is 4.90 Å². The van der Waals surface area contributed by atoms with E-state index < -0.39 is 11.8 Å². The van der Waals surface area contributed by atoms with Crippen LogP contribution in [0.1, 0.15) is 117 Å². The number of aryl methyl sites for hydroxylation is 1. The zero-order valence-electron chi connectivity index (χ0n) is 27.9. The van der Waals surface area contributed by atoms with E-state index in [2.05, 4.69) is 6.92 Å². The molecular weight excluding hydrogens is 564 g/mol. The fourth-order valence-corrected chi connectivity index (χ4v) is 5.53. The van der Waals surface area contributed by atoms with Crippen molar-refractivity contribution < 1.29 is 28.4 Å². The van der Waals surface area contributed by atoms with Crippen LogP contribution < -0.4 is 18.8 Å². The fourth-order valence-electron chi connectivity index (χ4n) is 5.53. The monoisotopic (exact) mass is 617 g/mol. The number of methoxy groups -OCH3 is 2. The number of nitrogens with zero attached hydrogens (tertiary/aromatic N) is 2. The Morgan fingerprint density at radius 3 is 1.93 bits per heavy atom. The van der Waals surface area contributed by atoms with Crippen LogP contribution in [-0.4, -0.2) is 37.5 Å². The maximum atomic E-state index is 14.0. The molecule has 7 heteroatoms. The average Bonchev–Trinajstić information content (AvgIpc) is 3.08. The van der Waals surface area contributed by atoms with Crippen molar-refractivity contribution >= 4 is 11.8 Å². The first kappa shape index (κ1) is 35.6. The van der Waals surface area contributed by atoms with Crippen molar-refractivity contribution in [3.63, 3.8) is 0 Å². The first-order valence-corrected chi connectivity index (χ1v) is 16.8. The second kappa shape index (κ2) is 20.2. The van der Waals surface area contributed by atoms with Crippen LogP contribution in [0.25, 0.3) is 0 Å². The van der Waals surface area contributed by atoms with Crippen LogP contribution in [0.2, 0.25) is 0 Å². The number of imide groups is 1. The van der Waals surface area contributed by atoms with E-state index in [4.69, 9.17) is 14.2 Å². The molecule has 2 aromatic carbocycles. The lowest BCUT2D eigenvalue weighted by atomic mass is 10.1. The van der Waals surface area contributed by atoms with E-state index in [1.165, 1.54) is 76.2 Å². The van der Waals surface area contributed by atoms with Crippen molar-refractivity contribution in [2.24, 2.45) is 0 Å². The molecule has 0 spiro atoms. The number of ether oxygens (including phenoxy) is 3.